The van der Waals surface area contributed by atoms with Gasteiger partial charge in [-0.1, -0.05) is 12.1 Å². The summed E-state index contributed by atoms with van der Waals surface area (Å²) in [6, 6.07) is 13.0. The molecule has 0 spiro atoms. The van der Waals surface area contributed by atoms with Crippen LogP contribution in [0.15, 0.2) is 42.5 Å². The van der Waals surface area contributed by atoms with E-state index in [2.05, 4.69) is 26.3 Å². The molecule has 1 saturated heterocycles. The molecule has 28 heavy (non-hydrogen) atoms. The first-order valence-corrected chi connectivity index (χ1v) is 9.52. The summed E-state index contributed by atoms with van der Waals surface area (Å²) in [7, 11) is 0. The number of ether oxygens (including phenoxy) is 1. The van der Waals surface area contributed by atoms with E-state index in [0.29, 0.717) is 12.1 Å². The number of fused-ring (bicyclic) bond motifs is 1. The predicted octanol–water partition coefficient (Wildman–Crippen LogP) is 2.75. The number of benzene rings is 2. The zero-order chi connectivity index (χ0) is 19.3. The third kappa shape index (κ3) is 4.49. The van der Waals surface area contributed by atoms with Crippen molar-refractivity contribution < 1.29 is 14.6 Å². The number of nitrogens with zero attached hydrogens (tertiary/aromatic N) is 2. The second kappa shape index (κ2) is 8.41. The average molecular weight is 380 g/mol. The molecule has 1 aromatic heterocycles. The Morgan fingerprint density at radius 1 is 1.18 bits per heavy atom. The molecule has 1 aliphatic heterocycles. The van der Waals surface area contributed by atoms with Crippen LogP contribution < -0.4 is 5.32 Å². The van der Waals surface area contributed by atoms with Crippen LogP contribution in [0.3, 0.4) is 0 Å². The molecular formula is C21H24N4O3. The van der Waals surface area contributed by atoms with Crippen LogP contribution in [0.25, 0.3) is 11.0 Å². The molecular weight excluding hydrogens is 356 g/mol. The highest BCUT2D eigenvalue weighted by Crippen LogP contribution is 2.18. The maximum atomic E-state index is 10.9. The van der Waals surface area contributed by atoms with Gasteiger partial charge in [0.05, 0.1) is 29.8 Å². The molecule has 0 radical (unpaired) electrons. The Kier molecular flexibility index (Phi) is 5.55. The highest BCUT2D eigenvalue weighted by molar-refractivity contribution is 5.87. The van der Waals surface area contributed by atoms with Gasteiger partial charge in [0, 0.05) is 38.3 Å². The molecule has 4 rings (SSSR count). The van der Waals surface area contributed by atoms with E-state index in [1.165, 1.54) is 0 Å². The summed E-state index contributed by atoms with van der Waals surface area (Å²) in [4.78, 5) is 21.4. The van der Waals surface area contributed by atoms with Crippen molar-refractivity contribution in [3.05, 3.63) is 59.4 Å². The fraction of sp³-hybridized carbons (Fsp3) is 0.333. The minimum atomic E-state index is -0.909. The van der Waals surface area contributed by atoms with Gasteiger partial charge < -0.3 is 20.1 Å². The largest absolute Gasteiger partial charge is 0.478 e. The number of H-pyrrole nitrogens is 1. The Morgan fingerprint density at radius 3 is 2.71 bits per heavy atom. The van der Waals surface area contributed by atoms with E-state index in [4.69, 9.17) is 9.84 Å². The quantitative estimate of drug-likeness (QED) is 0.584. The minimum Gasteiger partial charge on any atom is -0.478 e. The molecule has 146 valence electrons. The van der Waals surface area contributed by atoms with Crippen molar-refractivity contribution in [1.82, 2.24) is 14.9 Å². The Balaban J connectivity index is 1.36. The molecule has 7 heteroatoms. The first-order chi connectivity index (χ1) is 13.7. The van der Waals surface area contributed by atoms with Gasteiger partial charge in [-0.3, -0.25) is 4.90 Å². The monoisotopic (exact) mass is 380 g/mol. The first kappa shape index (κ1) is 18.5. The molecule has 0 unspecified atom stereocenters. The second-order valence-electron chi connectivity index (χ2n) is 6.98. The lowest BCUT2D eigenvalue weighted by molar-refractivity contribution is 0.0382. The van der Waals surface area contributed by atoms with Crippen LogP contribution in [-0.4, -0.2) is 58.8 Å². The van der Waals surface area contributed by atoms with Gasteiger partial charge in [-0.2, -0.15) is 0 Å². The molecule has 3 aromatic rings. The molecule has 0 bridgehead atoms. The zero-order valence-corrected chi connectivity index (χ0v) is 15.6. The molecule has 7 nitrogen and oxygen atoms in total. The van der Waals surface area contributed by atoms with Crippen molar-refractivity contribution in [3.8, 4) is 0 Å². The van der Waals surface area contributed by atoms with Crippen molar-refractivity contribution in [2.45, 2.75) is 13.0 Å². The number of imidazole rings is 1. The number of anilines is 1. The topological polar surface area (TPSA) is 90.5 Å². The fourth-order valence-electron chi connectivity index (χ4n) is 3.35. The van der Waals surface area contributed by atoms with Gasteiger partial charge >= 0.3 is 5.97 Å². The summed E-state index contributed by atoms with van der Waals surface area (Å²) in [5.41, 5.74) is 4.31. The van der Waals surface area contributed by atoms with Gasteiger partial charge in [0.2, 0.25) is 0 Å². The number of hydrogen-bond donors (Lipinski definition) is 3. The van der Waals surface area contributed by atoms with Crippen molar-refractivity contribution in [2.75, 3.05) is 38.2 Å². The number of nitrogens with one attached hydrogen (secondary N) is 2. The Bertz CT molecular complexity index is 946. The SMILES string of the molecule is O=C(O)c1ccc(CNc2ccc3nc(CCN4CCOCC4)[nH]c3c2)cc1. The summed E-state index contributed by atoms with van der Waals surface area (Å²) in [5, 5.41) is 12.3. The molecule has 0 aliphatic carbocycles. The van der Waals surface area contributed by atoms with E-state index in [9.17, 15) is 4.79 Å². The van der Waals surface area contributed by atoms with E-state index in [1.807, 2.05) is 24.3 Å². The van der Waals surface area contributed by atoms with Crippen LogP contribution in [0, 0.1) is 0 Å². The number of carboxylic acids is 1. The lowest BCUT2D eigenvalue weighted by Crippen LogP contribution is -2.37. The van der Waals surface area contributed by atoms with Gasteiger partial charge in [0.1, 0.15) is 5.82 Å². The number of aromatic carboxylic acids is 1. The summed E-state index contributed by atoms with van der Waals surface area (Å²) < 4.78 is 5.39. The van der Waals surface area contributed by atoms with Crippen molar-refractivity contribution in [3.63, 3.8) is 0 Å². The van der Waals surface area contributed by atoms with Crippen LogP contribution in [0.2, 0.25) is 0 Å². The first-order valence-electron chi connectivity index (χ1n) is 9.52. The zero-order valence-electron chi connectivity index (χ0n) is 15.6. The maximum Gasteiger partial charge on any atom is 0.335 e. The molecule has 1 aliphatic rings. The number of hydrogen-bond acceptors (Lipinski definition) is 5. The number of aromatic nitrogens is 2. The van der Waals surface area contributed by atoms with E-state index in [1.54, 1.807) is 12.1 Å². The van der Waals surface area contributed by atoms with Crippen LogP contribution in [0.4, 0.5) is 5.69 Å². The number of carboxylic acid groups (broad SMARTS) is 1. The molecule has 3 N–H and O–H groups in total. The molecule has 0 saturated carbocycles. The highest BCUT2D eigenvalue weighted by Gasteiger charge is 2.11. The summed E-state index contributed by atoms with van der Waals surface area (Å²) >= 11 is 0. The second-order valence-corrected chi connectivity index (χ2v) is 6.98. The van der Waals surface area contributed by atoms with Gasteiger partial charge in [-0.25, -0.2) is 9.78 Å². The third-order valence-electron chi connectivity index (χ3n) is 5.00. The van der Waals surface area contributed by atoms with Crippen LogP contribution in [-0.2, 0) is 17.7 Å². The fourth-order valence-corrected chi connectivity index (χ4v) is 3.35. The standard InChI is InChI=1S/C21H24N4O3/c26-21(27)16-3-1-15(2-4-16)14-22-17-5-6-18-19(13-17)24-20(23-18)7-8-25-9-11-28-12-10-25/h1-6,13,22H,7-12,14H2,(H,23,24)(H,26,27). The maximum absolute atomic E-state index is 10.9. The lowest BCUT2D eigenvalue weighted by atomic mass is 10.1. The average Bonchev–Trinajstić information content (AvgIpc) is 3.14. The van der Waals surface area contributed by atoms with E-state index in [-0.39, 0.29) is 0 Å². The Morgan fingerprint density at radius 2 is 1.96 bits per heavy atom. The number of rotatable bonds is 7. The smallest absolute Gasteiger partial charge is 0.335 e. The van der Waals surface area contributed by atoms with Gasteiger partial charge in [-0.15, -0.1) is 0 Å². The molecule has 1 fully saturated rings. The summed E-state index contributed by atoms with van der Waals surface area (Å²) in [5.74, 6) is 0.0940. The summed E-state index contributed by atoms with van der Waals surface area (Å²) in [6.07, 6.45) is 0.896. The van der Waals surface area contributed by atoms with Gasteiger partial charge in [-0.05, 0) is 35.9 Å². The highest BCUT2D eigenvalue weighted by atomic mass is 16.5. The predicted molar refractivity (Wildman–Crippen MR) is 108 cm³/mol. The molecule has 2 aromatic carbocycles. The third-order valence-corrected chi connectivity index (χ3v) is 5.00. The molecule has 0 atom stereocenters. The number of carbonyl (C=O) groups is 1. The Hall–Kier alpha value is -2.90. The van der Waals surface area contributed by atoms with E-state index < -0.39 is 5.97 Å². The van der Waals surface area contributed by atoms with Crippen molar-refractivity contribution >= 4 is 22.7 Å². The molecule has 0 amide bonds. The Labute approximate surface area is 163 Å². The van der Waals surface area contributed by atoms with Crippen molar-refractivity contribution in [1.29, 1.82) is 0 Å². The van der Waals surface area contributed by atoms with Crippen molar-refractivity contribution in [2.24, 2.45) is 0 Å². The van der Waals surface area contributed by atoms with E-state index in [0.717, 1.165) is 67.4 Å². The van der Waals surface area contributed by atoms with Crippen LogP contribution in [0.5, 0.6) is 0 Å². The normalized spacial score (nSPS) is 15.0. The molecule has 2 heterocycles. The van der Waals surface area contributed by atoms with Crippen LogP contribution >= 0.6 is 0 Å². The van der Waals surface area contributed by atoms with Gasteiger partial charge in [0.15, 0.2) is 0 Å². The number of aromatic amines is 1. The van der Waals surface area contributed by atoms with Crippen LogP contribution in [0.1, 0.15) is 21.7 Å². The van der Waals surface area contributed by atoms with Gasteiger partial charge in [0.25, 0.3) is 0 Å². The summed E-state index contributed by atoms with van der Waals surface area (Å²) in [6.45, 7) is 5.22. The minimum absolute atomic E-state index is 0.298. The van der Waals surface area contributed by atoms with E-state index >= 15 is 0 Å². The number of morpholine rings is 1. The lowest BCUT2D eigenvalue weighted by Gasteiger charge is -2.25.